The Morgan fingerprint density at radius 3 is 2.80 bits per heavy atom. The van der Waals surface area contributed by atoms with E-state index in [0.29, 0.717) is 0 Å². The van der Waals surface area contributed by atoms with E-state index >= 15 is 0 Å². The van der Waals surface area contributed by atoms with E-state index in [1.165, 1.54) is 44.9 Å². The molecule has 108 valence electrons. The molecule has 0 spiro atoms. The molecule has 0 saturated carbocycles. The fourth-order valence-electron chi connectivity index (χ4n) is 2.16. The third-order valence-corrected chi connectivity index (χ3v) is 3.27. The van der Waals surface area contributed by atoms with E-state index in [0.717, 1.165) is 18.1 Å². The number of nitrogens with zero attached hydrogens (tertiary/aromatic N) is 4. The molecule has 0 bridgehead atoms. The van der Waals surface area contributed by atoms with Crippen LogP contribution in [0, 0.1) is 0 Å². The van der Waals surface area contributed by atoms with Crippen molar-refractivity contribution in [3.63, 3.8) is 0 Å². The molecule has 0 radical (unpaired) electrons. The van der Waals surface area contributed by atoms with Gasteiger partial charge >= 0.3 is 0 Å². The quantitative estimate of drug-likeness (QED) is 0.711. The summed E-state index contributed by atoms with van der Waals surface area (Å²) in [5.41, 5.74) is 1.01. The Morgan fingerprint density at radius 1 is 1.15 bits per heavy atom. The molecular formula is C15H23N5. The zero-order valence-electron chi connectivity index (χ0n) is 12.1. The fraction of sp³-hybridized carbons (Fsp3) is 0.533. The van der Waals surface area contributed by atoms with Crippen molar-refractivity contribution >= 4 is 5.69 Å². The SMILES string of the molecule is CCCCCCCCNc1cccnc1-n1cncn1. The van der Waals surface area contributed by atoms with Gasteiger partial charge in [-0.25, -0.2) is 14.6 Å². The lowest BCUT2D eigenvalue weighted by molar-refractivity contribution is 0.617. The summed E-state index contributed by atoms with van der Waals surface area (Å²) >= 11 is 0. The van der Waals surface area contributed by atoms with E-state index < -0.39 is 0 Å². The predicted molar refractivity (Wildman–Crippen MR) is 81.0 cm³/mol. The summed E-state index contributed by atoms with van der Waals surface area (Å²) in [6, 6.07) is 3.96. The van der Waals surface area contributed by atoms with Crippen LogP contribution in [0.2, 0.25) is 0 Å². The molecule has 0 aromatic carbocycles. The highest BCUT2D eigenvalue weighted by Gasteiger charge is 2.05. The third-order valence-electron chi connectivity index (χ3n) is 3.27. The Hall–Kier alpha value is -1.91. The van der Waals surface area contributed by atoms with Gasteiger partial charge < -0.3 is 5.32 Å². The van der Waals surface area contributed by atoms with Crippen molar-refractivity contribution in [3.8, 4) is 5.82 Å². The van der Waals surface area contributed by atoms with Gasteiger partial charge in [0.2, 0.25) is 0 Å². The summed E-state index contributed by atoms with van der Waals surface area (Å²) in [5, 5.41) is 7.57. The fourth-order valence-corrected chi connectivity index (χ4v) is 2.16. The van der Waals surface area contributed by atoms with Gasteiger partial charge in [-0.2, -0.15) is 5.10 Å². The van der Waals surface area contributed by atoms with Gasteiger partial charge in [0.1, 0.15) is 12.7 Å². The maximum atomic E-state index is 4.36. The summed E-state index contributed by atoms with van der Waals surface area (Å²) in [4.78, 5) is 8.32. The molecule has 2 rings (SSSR count). The smallest absolute Gasteiger partial charge is 0.178 e. The molecule has 0 atom stereocenters. The first kappa shape index (κ1) is 14.5. The minimum absolute atomic E-state index is 0.802. The van der Waals surface area contributed by atoms with Gasteiger partial charge in [0.05, 0.1) is 5.69 Å². The number of unbranched alkanes of at least 4 members (excludes halogenated alkanes) is 5. The molecule has 0 fully saturated rings. The first-order valence-electron chi connectivity index (χ1n) is 7.45. The molecule has 5 heteroatoms. The van der Waals surface area contributed by atoms with Crippen LogP contribution in [0.1, 0.15) is 45.4 Å². The molecule has 0 unspecified atom stereocenters. The summed E-state index contributed by atoms with van der Waals surface area (Å²) in [6.07, 6.45) is 12.8. The highest BCUT2D eigenvalue weighted by Crippen LogP contribution is 2.16. The van der Waals surface area contributed by atoms with Crippen molar-refractivity contribution in [2.45, 2.75) is 45.4 Å². The van der Waals surface area contributed by atoms with Gasteiger partial charge in [0, 0.05) is 12.7 Å². The second-order valence-electron chi connectivity index (χ2n) is 4.91. The van der Waals surface area contributed by atoms with Crippen LogP contribution in [0.4, 0.5) is 5.69 Å². The molecule has 1 N–H and O–H groups in total. The predicted octanol–water partition coefficient (Wildman–Crippen LogP) is 3.43. The zero-order valence-corrected chi connectivity index (χ0v) is 12.1. The molecule has 2 aromatic rings. The van der Waals surface area contributed by atoms with E-state index in [4.69, 9.17) is 0 Å². The first-order chi connectivity index (χ1) is 9.92. The average Bonchev–Trinajstić information content (AvgIpc) is 3.01. The molecule has 0 amide bonds. The molecule has 0 aliphatic rings. The normalized spacial score (nSPS) is 10.7. The first-order valence-corrected chi connectivity index (χ1v) is 7.45. The number of hydrogen-bond acceptors (Lipinski definition) is 4. The maximum Gasteiger partial charge on any atom is 0.178 e. The van der Waals surface area contributed by atoms with Gasteiger partial charge in [0.15, 0.2) is 5.82 Å². The lowest BCUT2D eigenvalue weighted by Gasteiger charge is -2.10. The van der Waals surface area contributed by atoms with E-state index in [1.807, 2.05) is 12.1 Å². The van der Waals surface area contributed by atoms with Gasteiger partial charge in [-0.15, -0.1) is 0 Å². The average molecular weight is 273 g/mol. The number of aromatic nitrogens is 4. The Labute approximate surface area is 120 Å². The second kappa shape index (κ2) is 8.30. The molecule has 0 aliphatic heterocycles. The molecule has 2 heterocycles. The highest BCUT2D eigenvalue weighted by atomic mass is 15.3. The van der Waals surface area contributed by atoms with Crippen LogP contribution in [0.3, 0.4) is 0 Å². The Balaban J connectivity index is 1.79. The Bertz CT molecular complexity index is 481. The standard InChI is InChI=1S/C15H23N5/c1-2-3-4-5-6-7-10-17-14-9-8-11-18-15(14)20-13-16-12-19-20/h8-9,11-13,17H,2-7,10H2,1H3. The van der Waals surface area contributed by atoms with Crippen molar-refractivity contribution in [1.29, 1.82) is 0 Å². The van der Waals surface area contributed by atoms with Crippen molar-refractivity contribution in [2.75, 3.05) is 11.9 Å². The van der Waals surface area contributed by atoms with Crippen molar-refractivity contribution in [2.24, 2.45) is 0 Å². The molecule has 20 heavy (non-hydrogen) atoms. The summed E-state index contributed by atoms with van der Waals surface area (Å²) in [7, 11) is 0. The highest BCUT2D eigenvalue weighted by molar-refractivity contribution is 5.55. The number of nitrogens with one attached hydrogen (secondary N) is 1. The van der Waals surface area contributed by atoms with Crippen LogP contribution in [0.25, 0.3) is 5.82 Å². The molecule has 0 saturated heterocycles. The van der Waals surface area contributed by atoms with Gasteiger partial charge in [0.25, 0.3) is 0 Å². The Morgan fingerprint density at radius 2 is 2.00 bits per heavy atom. The van der Waals surface area contributed by atoms with Gasteiger partial charge in [-0.1, -0.05) is 39.0 Å². The van der Waals surface area contributed by atoms with Crippen LogP contribution in [0.5, 0.6) is 0 Å². The van der Waals surface area contributed by atoms with Crippen LogP contribution >= 0.6 is 0 Å². The number of pyridine rings is 1. The topological polar surface area (TPSA) is 55.6 Å². The largest absolute Gasteiger partial charge is 0.382 e. The van der Waals surface area contributed by atoms with E-state index in [2.05, 4.69) is 27.3 Å². The molecule has 2 aromatic heterocycles. The van der Waals surface area contributed by atoms with Crippen LogP contribution in [-0.4, -0.2) is 26.3 Å². The minimum atomic E-state index is 0.802. The van der Waals surface area contributed by atoms with Crippen molar-refractivity contribution < 1.29 is 0 Å². The van der Waals surface area contributed by atoms with Crippen molar-refractivity contribution in [3.05, 3.63) is 31.0 Å². The van der Waals surface area contributed by atoms with E-state index in [-0.39, 0.29) is 0 Å². The maximum absolute atomic E-state index is 4.36. The van der Waals surface area contributed by atoms with E-state index in [9.17, 15) is 0 Å². The van der Waals surface area contributed by atoms with Gasteiger partial charge in [-0.3, -0.25) is 0 Å². The number of rotatable bonds is 9. The second-order valence-corrected chi connectivity index (χ2v) is 4.91. The monoisotopic (exact) mass is 273 g/mol. The lowest BCUT2D eigenvalue weighted by atomic mass is 10.1. The van der Waals surface area contributed by atoms with Crippen LogP contribution in [-0.2, 0) is 0 Å². The minimum Gasteiger partial charge on any atom is -0.382 e. The molecule has 0 aliphatic carbocycles. The van der Waals surface area contributed by atoms with Gasteiger partial charge in [-0.05, 0) is 18.6 Å². The van der Waals surface area contributed by atoms with Crippen LogP contribution < -0.4 is 5.32 Å². The Kier molecular flexibility index (Phi) is 6.02. The van der Waals surface area contributed by atoms with E-state index in [1.54, 1.807) is 17.2 Å². The molecule has 5 nitrogen and oxygen atoms in total. The summed E-state index contributed by atoms with van der Waals surface area (Å²) in [5.74, 6) is 0.802. The number of anilines is 1. The summed E-state index contributed by atoms with van der Waals surface area (Å²) < 4.78 is 1.68. The third kappa shape index (κ3) is 4.33. The van der Waals surface area contributed by atoms with Crippen LogP contribution in [0.15, 0.2) is 31.0 Å². The zero-order chi connectivity index (χ0) is 14.0. The lowest BCUT2D eigenvalue weighted by Crippen LogP contribution is -2.07. The summed E-state index contributed by atoms with van der Waals surface area (Å²) in [6.45, 7) is 3.22. The van der Waals surface area contributed by atoms with Crippen molar-refractivity contribution in [1.82, 2.24) is 19.7 Å². The number of hydrogen-bond donors (Lipinski definition) is 1. The molecular weight excluding hydrogens is 250 g/mol.